The first-order valence-electron chi connectivity index (χ1n) is 10.6. The Kier molecular flexibility index (Phi) is 7.02. The van der Waals surface area contributed by atoms with Crippen molar-refractivity contribution in [2.24, 2.45) is 0 Å². The van der Waals surface area contributed by atoms with E-state index >= 15 is 0 Å². The molecule has 0 aliphatic carbocycles. The third-order valence-electron chi connectivity index (χ3n) is 5.67. The second-order valence-electron chi connectivity index (χ2n) is 8.19. The second kappa shape index (κ2) is 9.58. The summed E-state index contributed by atoms with van der Waals surface area (Å²) < 4.78 is 18.6. The highest BCUT2D eigenvalue weighted by molar-refractivity contribution is 6.46. The molecule has 1 saturated heterocycles. The van der Waals surface area contributed by atoms with E-state index in [1.165, 1.54) is 29.2 Å². The Bertz CT molecular complexity index is 1120. The summed E-state index contributed by atoms with van der Waals surface area (Å²) in [6, 6.07) is 4.57. The number of ketones is 1. The molecule has 2 N–H and O–H groups in total. The first-order valence-corrected chi connectivity index (χ1v) is 10.6. The molecule has 1 atom stereocenters. The Hall–Kier alpha value is -3.46. The Morgan fingerprint density at radius 3 is 2.42 bits per heavy atom. The molecule has 33 heavy (non-hydrogen) atoms. The van der Waals surface area contributed by atoms with Gasteiger partial charge in [-0.25, -0.2) is 9.18 Å². The number of esters is 1. The smallest absolute Gasteiger partial charge is 0.355 e. The van der Waals surface area contributed by atoms with Crippen molar-refractivity contribution in [1.82, 2.24) is 14.8 Å². The fourth-order valence-corrected chi connectivity index (χ4v) is 4.06. The fraction of sp³-hybridized carbons (Fsp3) is 0.375. The minimum absolute atomic E-state index is 0.106. The number of nitrogens with zero attached hydrogens (tertiary/aromatic N) is 2. The second-order valence-corrected chi connectivity index (χ2v) is 8.19. The van der Waals surface area contributed by atoms with Gasteiger partial charge in [-0.2, -0.15) is 0 Å². The van der Waals surface area contributed by atoms with Crippen molar-refractivity contribution >= 4 is 23.4 Å². The Labute approximate surface area is 191 Å². The summed E-state index contributed by atoms with van der Waals surface area (Å²) in [6.45, 7) is 5.86. The number of H-pyrrole nitrogens is 1. The predicted molar refractivity (Wildman–Crippen MR) is 120 cm³/mol. The molecule has 1 unspecified atom stereocenters. The number of likely N-dealkylation sites (tertiary alicyclic amines) is 1. The van der Waals surface area contributed by atoms with E-state index in [0.29, 0.717) is 23.4 Å². The Morgan fingerprint density at radius 2 is 1.85 bits per heavy atom. The molecular weight excluding hydrogens is 429 g/mol. The van der Waals surface area contributed by atoms with Crippen molar-refractivity contribution in [3.8, 4) is 0 Å². The number of Topliss-reactive ketones (excluding diaryl/α,β-unsaturated/α-hetero) is 1. The zero-order valence-corrected chi connectivity index (χ0v) is 19.4. The van der Waals surface area contributed by atoms with E-state index in [2.05, 4.69) is 4.98 Å². The minimum atomic E-state index is -0.898. The number of benzene rings is 1. The topological polar surface area (TPSA) is 103 Å². The van der Waals surface area contributed by atoms with Gasteiger partial charge in [0.05, 0.1) is 18.2 Å². The van der Waals surface area contributed by atoms with Crippen LogP contribution in [0, 0.1) is 19.7 Å². The summed E-state index contributed by atoms with van der Waals surface area (Å²) in [5.41, 5.74) is 1.66. The SMILES string of the molecule is CCOC(=O)c1[nH]c(C)c(/C(O)=C2/C(=O)C(=O)N(CCN(C)C)C2c2ccc(F)cc2)c1C. The molecule has 1 aliphatic rings. The number of nitrogens with one attached hydrogen (secondary N) is 1. The van der Waals surface area contributed by atoms with Crippen LogP contribution in [0.1, 0.15) is 45.8 Å². The number of amides is 1. The molecule has 1 aromatic heterocycles. The van der Waals surface area contributed by atoms with Crippen LogP contribution in [0.15, 0.2) is 29.8 Å². The summed E-state index contributed by atoms with van der Waals surface area (Å²) in [5.74, 6) is -3.02. The van der Waals surface area contributed by atoms with Crippen LogP contribution in [-0.4, -0.2) is 71.3 Å². The van der Waals surface area contributed by atoms with Gasteiger partial charge < -0.3 is 24.6 Å². The lowest BCUT2D eigenvalue weighted by Gasteiger charge is -2.26. The number of ether oxygens (including phenoxy) is 1. The first kappa shape index (κ1) is 24.2. The van der Waals surface area contributed by atoms with E-state index in [1.807, 2.05) is 19.0 Å². The van der Waals surface area contributed by atoms with E-state index in [9.17, 15) is 23.9 Å². The fourth-order valence-electron chi connectivity index (χ4n) is 4.06. The number of aryl methyl sites for hydroxylation is 1. The number of hydrogen-bond donors (Lipinski definition) is 2. The third-order valence-corrected chi connectivity index (χ3v) is 5.67. The van der Waals surface area contributed by atoms with Gasteiger partial charge in [-0.05, 0) is 58.1 Å². The molecule has 0 bridgehead atoms. The average molecular weight is 458 g/mol. The van der Waals surface area contributed by atoms with E-state index < -0.39 is 35.3 Å². The highest BCUT2D eigenvalue weighted by Gasteiger charge is 2.46. The van der Waals surface area contributed by atoms with Crippen LogP contribution in [0.4, 0.5) is 4.39 Å². The molecule has 0 saturated carbocycles. The summed E-state index contributed by atoms with van der Waals surface area (Å²) in [7, 11) is 3.68. The molecule has 1 aliphatic heterocycles. The van der Waals surface area contributed by atoms with Gasteiger partial charge >= 0.3 is 5.97 Å². The number of halogens is 1. The van der Waals surface area contributed by atoms with Crippen molar-refractivity contribution in [3.05, 3.63) is 63.7 Å². The van der Waals surface area contributed by atoms with Crippen molar-refractivity contribution < 1.29 is 28.6 Å². The van der Waals surface area contributed by atoms with Crippen LogP contribution >= 0.6 is 0 Å². The summed E-state index contributed by atoms with van der Waals surface area (Å²) in [4.78, 5) is 44.5. The standard InChI is InChI=1S/C24H28FN3O5/c1-6-33-24(32)19-13(2)17(14(3)26-19)21(29)18-20(15-7-9-16(25)10-8-15)28(12-11-27(4)5)23(31)22(18)30/h7-10,20,26,29H,6,11-12H2,1-5H3/b21-18-. The molecule has 2 heterocycles. The van der Waals surface area contributed by atoms with Crippen LogP contribution in [-0.2, 0) is 14.3 Å². The minimum Gasteiger partial charge on any atom is -0.507 e. The number of rotatable bonds is 7. The number of likely N-dealkylation sites (N-methyl/N-ethyl adjacent to an activating group) is 1. The van der Waals surface area contributed by atoms with Crippen LogP contribution in [0.2, 0.25) is 0 Å². The van der Waals surface area contributed by atoms with Gasteiger partial charge in [-0.15, -0.1) is 0 Å². The van der Waals surface area contributed by atoms with E-state index in [4.69, 9.17) is 4.74 Å². The normalized spacial score (nSPS) is 17.8. The number of aromatic amines is 1. The summed E-state index contributed by atoms with van der Waals surface area (Å²) in [6.07, 6.45) is 0. The maximum Gasteiger partial charge on any atom is 0.355 e. The van der Waals surface area contributed by atoms with Gasteiger partial charge in [0, 0.05) is 24.3 Å². The number of aliphatic hydroxyl groups excluding tert-OH is 1. The lowest BCUT2D eigenvalue weighted by Crippen LogP contribution is -2.35. The van der Waals surface area contributed by atoms with Gasteiger partial charge in [0.25, 0.3) is 11.7 Å². The van der Waals surface area contributed by atoms with E-state index in [-0.39, 0.29) is 30.0 Å². The van der Waals surface area contributed by atoms with Gasteiger partial charge in [-0.1, -0.05) is 12.1 Å². The van der Waals surface area contributed by atoms with Crippen LogP contribution in [0.3, 0.4) is 0 Å². The molecule has 2 aromatic rings. The molecule has 9 heteroatoms. The Balaban J connectivity index is 2.19. The lowest BCUT2D eigenvalue weighted by atomic mass is 9.94. The summed E-state index contributed by atoms with van der Waals surface area (Å²) in [5, 5.41) is 11.3. The molecule has 0 spiro atoms. The number of carbonyl (C=O) groups excluding carboxylic acids is 3. The highest BCUT2D eigenvalue weighted by Crippen LogP contribution is 2.40. The van der Waals surface area contributed by atoms with Gasteiger partial charge in [0.15, 0.2) is 0 Å². The number of aromatic nitrogens is 1. The Morgan fingerprint density at radius 1 is 1.21 bits per heavy atom. The zero-order valence-electron chi connectivity index (χ0n) is 19.4. The highest BCUT2D eigenvalue weighted by atomic mass is 19.1. The molecule has 8 nitrogen and oxygen atoms in total. The molecule has 1 fully saturated rings. The molecule has 1 aromatic carbocycles. The molecule has 0 radical (unpaired) electrons. The number of carbonyl (C=O) groups is 3. The number of aliphatic hydroxyl groups is 1. The van der Waals surface area contributed by atoms with Crippen LogP contribution in [0.25, 0.3) is 5.76 Å². The lowest BCUT2D eigenvalue weighted by molar-refractivity contribution is -0.140. The summed E-state index contributed by atoms with van der Waals surface area (Å²) >= 11 is 0. The quantitative estimate of drug-likeness (QED) is 0.287. The zero-order chi connectivity index (χ0) is 24.4. The number of hydrogen-bond acceptors (Lipinski definition) is 6. The molecule has 1 amide bonds. The van der Waals surface area contributed by atoms with Gasteiger partial charge in [0.2, 0.25) is 0 Å². The molecule has 176 valence electrons. The predicted octanol–water partition coefficient (Wildman–Crippen LogP) is 2.93. The van der Waals surface area contributed by atoms with Gasteiger partial charge in [0.1, 0.15) is 17.3 Å². The van der Waals surface area contributed by atoms with Crippen molar-refractivity contribution in [1.29, 1.82) is 0 Å². The monoisotopic (exact) mass is 457 g/mol. The average Bonchev–Trinajstić information content (AvgIpc) is 3.19. The van der Waals surface area contributed by atoms with Gasteiger partial charge in [-0.3, -0.25) is 9.59 Å². The van der Waals surface area contributed by atoms with Crippen molar-refractivity contribution in [2.75, 3.05) is 33.8 Å². The van der Waals surface area contributed by atoms with Crippen LogP contribution < -0.4 is 0 Å². The van der Waals surface area contributed by atoms with E-state index in [0.717, 1.165) is 0 Å². The van der Waals surface area contributed by atoms with Crippen LogP contribution in [0.5, 0.6) is 0 Å². The van der Waals surface area contributed by atoms with E-state index in [1.54, 1.807) is 20.8 Å². The third kappa shape index (κ3) is 4.54. The first-order chi connectivity index (χ1) is 15.6. The molecular formula is C24H28FN3O5. The van der Waals surface area contributed by atoms with Crippen molar-refractivity contribution in [2.45, 2.75) is 26.8 Å². The van der Waals surface area contributed by atoms with Crippen molar-refractivity contribution in [3.63, 3.8) is 0 Å². The largest absolute Gasteiger partial charge is 0.507 e. The maximum atomic E-state index is 13.6. The molecule has 3 rings (SSSR count). The maximum absolute atomic E-state index is 13.6.